The van der Waals surface area contributed by atoms with Crippen molar-refractivity contribution in [1.82, 2.24) is 9.72 Å². The molecule has 1 aromatic carbocycles. The van der Waals surface area contributed by atoms with Crippen molar-refractivity contribution < 1.29 is 4.52 Å². The molecule has 2 rings (SSSR count). The molecule has 0 bridgehead atoms. The number of nitrogens with zero attached hydrogens (tertiary/aromatic N) is 2. The monoisotopic (exact) mass is 210 g/mol. The van der Waals surface area contributed by atoms with E-state index in [2.05, 4.69) is 9.68 Å². The van der Waals surface area contributed by atoms with Crippen LogP contribution >= 0.6 is 11.6 Å². The first-order valence-electron chi connectivity index (χ1n) is 3.98. The zero-order valence-electron chi connectivity index (χ0n) is 7.40. The van der Waals surface area contributed by atoms with Crippen LogP contribution in [-0.4, -0.2) is 9.72 Å². The second-order valence-corrected chi connectivity index (χ2v) is 3.22. The normalized spacial score (nSPS) is 10.4. The van der Waals surface area contributed by atoms with Crippen molar-refractivity contribution in [2.75, 3.05) is 0 Å². The second-order valence-electron chi connectivity index (χ2n) is 2.81. The molecule has 0 saturated carbocycles. The number of hydrogen-bond donors (Lipinski definition) is 0. The number of aromatic nitrogens is 2. The summed E-state index contributed by atoms with van der Waals surface area (Å²) in [5.74, 6) is -0.0690. The van der Waals surface area contributed by atoms with Gasteiger partial charge in [-0.2, -0.15) is 0 Å². The summed E-state index contributed by atoms with van der Waals surface area (Å²) in [5, 5.41) is 4.18. The molecule has 0 spiro atoms. The number of halogens is 1. The number of rotatable bonds is 1. The highest BCUT2D eigenvalue weighted by Crippen LogP contribution is 2.24. The summed E-state index contributed by atoms with van der Waals surface area (Å²) in [5.41, 5.74) is 0.683. The molecule has 0 amide bonds. The fourth-order valence-corrected chi connectivity index (χ4v) is 1.38. The number of hydrogen-bond acceptors (Lipinski definition) is 3. The zero-order valence-corrected chi connectivity index (χ0v) is 8.15. The van der Waals surface area contributed by atoms with Crippen LogP contribution < -0.4 is 5.76 Å². The largest absolute Gasteiger partial charge is 0.441 e. The van der Waals surface area contributed by atoms with E-state index < -0.39 is 5.76 Å². The summed E-state index contributed by atoms with van der Waals surface area (Å²) in [4.78, 5) is 11.0. The Morgan fingerprint density at radius 1 is 1.43 bits per heavy atom. The molecule has 72 valence electrons. The Morgan fingerprint density at radius 2 is 2.14 bits per heavy atom. The van der Waals surface area contributed by atoms with E-state index in [9.17, 15) is 4.79 Å². The molecule has 4 nitrogen and oxygen atoms in total. The average molecular weight is 211 g/mol. The summed E-state index contributed by atoms with van der Waals surface area (Å²) in [6.07, 6.45) is 0. The first-order valence-corrected chi connectivity index (χ1v) is 4.35. The lowest BCUT2D eigenvalue weighted by atomic mass is 10.2. The van der Waals surface area contributed by atoms with Gasteiger partial charge in [0.25, 0.3) is 0 Å². The molecule has 0 saturated heterocycles. The van der Waals surface area contributed by atoms with Crippen molar-refractivity contribution in [1.29, 1.82) is 0 Å². The van der Waals surface area contributed by atoms with Gasteiger partial charge in [0.05, 0.1) is 5.02 Å². The molecule has 0 fully saturated rings. The Morgan fingerprint density at radius 3 is 2.71 bits per heavy atom. The fourth-order valence-electron chi connectivity index (χ4n) is 1.16. The quantitative estimate of drug-likeness (QED) is 0.720. The van der Waals surface area contributed by atoms with Crippen molar-refractivity contribution in [3.8, 4) is 11.4 Å². The van der Waals surface area contributed by atoms with E-state index in [1.807, 2.05) is 12.1 Å². The number of benzene rings is 1. The third-order valence-corrected chi connectivity index (χ3v) is 2.25. The van der Waals surface area contributed by atoms with Gasteiger partial charge in [-0.1, -0.05) is 28.9 Å². The summed E-state index contributed by atoms with van der Waals surface area (Å²) in [7, 11) is 1.58. The van der Waals surface area contributed by atoms with Gasteiger partial charge in [0.2, 0.25) is 0 Å². The lowest BCUT2D eigenvalue weighted by Gasteiger charge is -1.99. The first-order chi connectivity index (χ1) is 6.70. The van der Waals surface area contributed by atoms with E-state index in [0.717, 1.165) is 0 Å². The standard InChI is InChI=1S/C9H7ClN2O2/c1-12-8(11-14-9(12)13)6-4-2-3-5-7(6)10/h2-5H,1H3. The highest BCUT2D eigenvalue weighted by atomic mass is 35.5. The molecule has 2 aromatic rings. The van der Waals surface area contributed by atoms with Crippen molar-refractivity contribution in [2.24, 2.45) is 7.05 Å². The van der Waals surface area contributed by atoms with Crippen molar-refractivity contribution >= 4 is 11.6 Å². The molecule has 0 aliphatic carbocycles. The van der Waals surface area contributed by atoms with Gasteiger partial charge < -0.3 is 0 Å². The molecule has 0 atom stereocenters. The summed E-state index contributed by atoms with van der Waals surface area (Å²) < 4.78 is 5.81. The molecule has 0 aliphatic heterocycles. The lowest BCUT2D eigenvalue weighted by Crippen LogP contribution is -2.10. The van der Waals surface area contributed by atoms with E-state index in [1.165, 1.54) is 4.57 Å². The van der Waals surface area contributed by atoms with Gasteiger partial charge in [0.15, 0.2) is 5.82 Å². The Hall–Kier alpha value is -1.55. The molecule has 0 N–H and O–H groups in total. The highest BCUT2D eigenvalue weighted by Gasteiger charge is 2.11. The summed E-state index contributed by atoms with van der Waals surface area (Å²) >= 11 is 5.94. The van der Waals surface area contributed by atoms with E-state index >= 15 is 0 Å². The summed E-state index contributed by atoms with van der Waals surface area (Å²) in [6.45, 7) is 0. The molecule has 14 heavy (non-hydrogen) atoms. The van der Waals surface area contributed by atoms with Crippen LogP contribution in [-0.2, 0) is 7.05 Å². The second kappa shape index (κ2) is 3.31. The van der Waals surface area contributed by atoms with Crippen molar-refractivity contribution in [3.05, 3.63) is 39.8 Å². The Kier molecular flexibility index (Phi) is 2.13. The minimum absolute atomic E-state index is 0.431. The molecule has 0 radical (unpaired) electrons. The third kappa shape index (κ3) is 1.33. The van der Waals surface area contributed by atoms with Crippen molar-refractivity contribution in [3.63, 3.8) is 0 Å². The molecule has 0 unspecified atom stereocenters. The predicted octanol–water partition coefficient (Wildman–Crippen LogP) is 1.69. The van der Waals surface area contributed by atoms with Crippen LogP contribution in [0.15, 0.2) is 33.6 Å². The molecule has 1 heterocycles. The zero-order chi connectivity index (χ0) is 10.1. The fraction of sp³-hybridized carbons (Fsp3) is 0.111. The Balaban J connectivity index is 2.66. The third-order valence-electron chi connectivity index (χ3n) is 1.92. The van der Waals surface area contributed by atoms with Crippen LogP contribution in [0.4, 0.5) is 0 Å². The van der Waals surface area contributed by atoms with Gasteiger partial charge in [-0.3, -0.25) is 9.09 Å². The van der Waals surface area contributed by atoms with Crippen molar-refractivity contribution in [2.45, 2.75) is 0 Å². The van der Waals surface area contributed by atoms with E-state index in [0.29, 0.717) is 16.4 Å². The van der Waals surface area contributed by atoms with Crippen LogP contribution in [0, 0.1) is 0 Å². The maximum absolute atomic E-state index is 11.0. The molecule has 5 heteroatoms. The Labute approximate surface area is 84.7 Å². The highest BCUT2D eigenvalue weighted by molar-refractivity contribution is 6.33. The van der Waals surface area contributed by atoms with Crippen LogP contribution in [0.1, 0.15) is 0 Å². The predicted molar refractivity (Wildman–Crippen MR) is 52.2 cm³/mol. The van der Waals surface area contributed by atoms with E-state index in [1.54, 1.807) is 19.2 Å². The molecular formula is C9H7ClN2O2. The average Bonchev–Trinajstić information content (AvgIpc) is 2.49. The SMILES string of the molecule is Cn1c(-c2ccccc2Cl)noc1=O. The molecular weight excluding hydrogens is 204 g/mol. The van der Waals surface area contributed by atoms with E-state index in [-0.39, 0.29) is 0 Å². The first kappa shape index (κ1) is 9.02. The smallest absolute Gasteiger partial charge is 0.295 e. The van der Waals surface area contributed by atoms with Crippen LogP contribution in [0.3, 0.4) is 0 Å². The van der Waals surface area contributed by atoms with E-state index in [4.69, 9.17) is 11.6 Å². The van der Waals surface area contributed by atoms with Crippen LogP contribution in [0.25, 0.3) is 11.4 Å². The minimum Gasteiger partial charge on any atom is -0.295 e. The van der Waals surface area contributed by atoms with Gasteiger partial charge in [-0.15, -0.1) is 0 Å². The maximum atomic E-state index is 11.0. The maximum Gasteiger partial charge on any atom is 0.441 e. The van der Waals surface area contributed by atoms with Gasteiger partial charge in [-0.25, -0.2) is 4.79 Å². The lowest BCUT2D eigenvalue weighted by molar-refractivity contribution is 0.380. The molecule has 1 aromatic heterocycles. The van der Waals surface area contributed by atoms with Crippen LogP contribution in [0.2, 0.25) is 5.02 Å². The van der Waals surface area contributed by atoms with Gasteiger partial charge in [0.1, 0.15) is 0 Å². The van der Waals surface area contributed by atoms with Gasteiger partial charge in [-0.05, 0) is 12.1 Å². The topological polar surface area (TPSA) is 48.0 Å². The molecule has 0 aliphatic rings. The Bertz CT molecular complexity index is 516. The summed E-state index contributed by atoms with van der Waals surface area (Å²) in [6, 6.07) is 7.14. The minimum atomic E-state index is -0.500. The van der Waals surface area contributed by atoms with Gasteiger partial charge in [0, 0.05) is 12.6 Å². The van der Waals surface area contributed by atoms with Gasteiger partial charge >= 0.3 is 5.76 Å². The van der Waals surface area contributed by atoms with Crippen LogP contribution in [0.5, 0.6) is 0 Å².